The first kappa shape index (κ1) is 28.9. The van der Waals surface area contributed by atoms with Crippen LogP contribution in [0, 0.1) is 34.5 Å². The zero-order valence-electron chi connectivity index (χ0n) is 22.6. The molecule has 0 aromatic heterocycles. The summed E-state index contributed by atoms with van der Waals surface area (Å²) in [6.07, 6.45) is -11.1. The van der Waals surface area contributed by atoms with Crippen LogP contribution in [0.2, 0.25) is 0 Å². The fraction of sp³-hybridized carbons (Fsp3) is 0.889. The molecule has 2 aliphatic heterocycles. The summed E-state index contributed by atoms with van der Waals surface area (Å²) in [4.78, 5) is 12.8. The molecule has 0 aromatic carbocycles. The van der Waals surface area contributed by atoms with Gasteiger partial charge < -0.3 is 60.2 Å². The summed E-state index contributed by atoms with van der Waals surface area (Å²) in [6, 6.07) is 0. The molecule has 3 saturated carbocycles. The van der Waals surface area contributed by atoms with Crippen molar-refractivity contribution >= 4 is 5.97 Å². The van der Waals surface area contributed by atoms with Crippen molar-refractivity contribution in [3.8, 4) is 0 Å². The maximum absolute atomic E-state index is 12.8. The van der Waals surface area contributed by atoms with Crippen LogP contribution in [0.5, 0.6) is 0 Å². The van der Waals surface area contributed by atoms with Crippen LogP contribution in [0.4, 0.5) is 0 Å². The molecule has 17 atom stereocenters. The minimum atomic E-state index is -2.28. The van der Waals surface area contributed by atoms with Crippen molar-refractivity contribution in [2.45, 2.75) is 99.9 Å². The summed E-state index contributed by atoms with van der Waals surface area (Å²) >= 11 is 0. The topological polar surface area (TPSA) is 227 Å². The van der Waals surface area contributed by atoms with Gasteiger partial charge in [0.1, 0.15) is 36.1 Å². The van der Waals surface area contributed by atoms with Crippen LogP contribution >= 0.6 is 0 Å². The lowest BCUT2D eigenvalue weighted by atomic mass is 9.36. The molecule has 6 rings (SSSR count). The van der Waals surface area contributed by atoms with Crippen molar-refractivity contribution < 1.29 is 65.0 Å². The quantitative estimate of drug-likeness (QED) is 0.118. The minimum Gasteiger partial charge on any atom is -0.460 e. The Kier molecular flexibility index (Phi) is 6.42. The lowest BCUT2D eigenvalue weighted by Gasteiger charge is -2.71. The van der Waals surface area contributed by atoms with Gasteiger partial charge in [-0.2, -0.15) is 0 Å². The van der Waals surface area contributed by atoms with Gasteiger partial charge >= 0.3 is 5.97 Å². The number of hydrogen-bond acceptors (Lipinski definition) is 13. The van der Waals surface area contributed by atoms with E-state index in [0.29, 0.717) is 5.57 Å². The van der Waals surface area contributed by atoms with Gasteiger partial charge in [-0.3, -0.25) is 0 Å². The molecule has 13 nitrogen and oxygen atoms in total. The molecular weight excluding hydrogens is 532 g/mol. The van der Waals surface area contributed by atoms with E-state index in [0.717, 1.165) is 0 Å². The number of ether oxygens (including phenoxy) is 3. The Morgan fingerprint density at radius 1 is 1.02 bits per heavy atom. The predicted octanol–water partition coefficient (Wildman–Crippen LogP) is -3.47. The highest BCUT2D eigenvalue weighted by atomic mass is 16.7. The summed E-state index contributed by atoms with van der Waals surface area (Å²) in [5, 5.41) is 99.4. The Labute approximate surface area is 230 Å². The number of fused-ring (bicyclic) bond motifs is 1. The molecule has 0 unspecified atom stereocenters. The Hall–Kier alpha value is -1.23. The highest BCUT2D eigenvalue weighted by molar-refractivity contribution is 5.78. The SMILES string of the molecule is CC1=C[C@H](O[C@@H]2C[C@H](CO)[C@@H](O)[C@H](O)[C@H]2O)[C@@H](O)[C@]2(C)[C@H]3[C@@]4(O)OC[C@@]35[C@@H](C[C@@H]12)OC(=O)[C@@H](O)[C@@]5(O)[C@@H](C)[C@H]4O. The lowest BCUT2D eigenvalue weighted by Crippen LogP contribution is -2.84. The number of carbonyl (C=O) groups is 1. The molecule has 1 spiro atoms. The van der Waals surface area contributed by atoms with Crippen molar-refractivity contribution in [2.24, 2.45) is 34.5 Å². The van der Waals surface area contributed by atoms with Gasteiger partial charge in [0, 0.05) is 29.8 Å². The Morgan fingerprint density at radius 2 is 1.70 bits per heavy atom. The second kappa shape index (κ2) is 8.89. The van der Waals surface area contributed by atoms with Gasteiger partial charge in [-0.1, -0.05) is 25.5 Å². The van der Waals surface area contributed by atoms with Gasteiger partial charge in [-0.15, -0.1) is 0 Å². The first-order valence-corrected chi connectivity index (χ1v) is 13.9. The largest absolute Gasteiger partial charge is 0.460 e. The molecule has 0 aromatic rings. The molecule has 13 heteroatoms. The third-order valence-corrected chi connectivity index (χ3v) is 11.7. The van der Waals surface area contributed by atoms with Crippen LogP contribution in [-0.4, -0.2) is 131 Å². The van der Waals surface area contributed by atoms with Crippen LogP contribution in [0.15, 0.2) is 11.6 Å². The summed E-state index contributed by atoms with van der Waals surface area (Å²) in [5.74, 6) is -7.08. The van der Waals surface area contributed by atoms with Gasteiger partial charge in [0.05, 0.1) is 30.3 Å². The maximum Gasteiger partial charge on any atom is 0.338 e. The molecule has 0 radical (unpaired) electrons. The van der Waals surface area contributed by atoms with E-state index in [9.17, 15) is 50.8 Å². The highest BCUT2D eigenvalue weighted by Crippen LogP contribution is 2.75. The van der Waals surface area contributed by atoms with E-state index in [1.54, 1.807) is 19.9 Å². The number of hydrogen-bond donors (Lipinski definition) is 9. The van der Waals surface area contributed by atoms with Gasteiger partial charge in [0.25, 0.3) is 0 Å². The van der Waals surface area contributed by atoms with E-state index in [-0.39, 0.29) is 19.4 Å². The predicted molar refractivity (Wildman–Crippen MR) is 131 cm³/mol. The summed E-state index contributed by atoms with van der Waals surface area (Å²) in [5.41, 5.74) is -4.53. The molecule has 5 fully saturated rings. The first-order chi connectivity index (χ1) is 18.6. The fourth-order valence-corrected chi connectivity index (χ4v) is 9.64. The fourth-order valence-electron chi connectivity index (χ4n) is 9.64. The minimum absolute atomic E-state index is 0.00719. The van der Waals surface area contributed by atoms with Crippen molar-refractivity contribution in [1.82, 2.24) is 0 Å². The van der Waals surface area contributed by atoms with Gasteiger partial charge in [-0.05, 0) is 25.7 Å². The molecule has 6 aliphatic rings. The van der Waals surface area contributed by atoms with E-state index >= 15 is 0 Å². The third kappa shape index (κ3) is 3.12. The molecule has 9 N–H and O–H groups in total. The third-order valence-electron chi connectivity index (χ3n) is 11.7. The van der Waals surface area contributed by atoms with Gasteiger partial charge in [-0.25, -0.2) is 4.79 Å². The summed E-state index contributed by atoms with van der Waals surface area (Å²) in [6.45, 7) is 4.06. The second-order valence-corrected chi connectivity index (χ2v) is 13.2. The Morgan fingerprint density at radius 3 is 2.35 bits per heavy atom. The Bertz CT molecular complexity index is 1100. The van der Waals surface area contributed by atoms with E-state index in [1.165, 1.54) is 6.92 Å². The van der Waals surface area contributed by atoms with Gasteiger partial charge in [0.15, 0.2) is 11.9 Å². The molecule has 2 saturated heterocycles. The molecule has 226 valence electrons. The van der Waals surface area contributed by atoms with Crippen molar-refractivity contribution in [2.75, 3.05) is 13.2 Å². The number of rotatable bonds is 3. The summed E-state index contributed by atoms with van der Waals surface area (Å²) in [7, 11) is 0. The van der Waals surface area contributed by atoms with E-state index in [4.69, 9.17) is 14.2 Å². The standard InChI is InChI=1S/C27H40O13/c1-9-4-14(39-13-5-11(7-28)16(29)18(31)17(13)30)20(33)24(3)12(9)6-15-25-8-38-27(37,23(24)25)19(32)10(2)26(25,36)21(34)22(35)40-15/h4,10-21,23,28-34,36-37H,5-8H2,1-3H3/t10-,11+,12-,13+,14-,15+,16+,17-,18-,19+,20+,21+,23+,24+,25+,26-,27-/m0/s1. The van der Waals surface area contributed by atoms with E-state index in [2.05, 4.69) is 0 Å². The van der Waals surface area contributed by atoms with Crippen molar-refractivity contribution in [3.63, 3.8) is 0 Å². The molecular formula is C27H40O13. The summed E-state index contributed by atoms with van der Waals surface area (Å²) < 4.78 is 17.7. The maximum atomic E-state index is 12.8. The normalized spacial score (nSPS) is 60.9. The molecule has 40 heavy (non-hydrogen) atoms. The number of esters is 1. The highest BCUT2D eigenvalue weighted by Gasteiger charge is 2.87. The molecule has 0 amide bonds. The zero-order chi connectivity index (χ0) is 29.3. The van der Waals surface area contributed by atoms with Gasteiger partial charge in [0.2, 0.25) is 0 Å². The van der Waals surface area contributed by atoms with Crippen LogP contribution in [0.3, 0.4) is 0 Å². The zero-order valence-corrected chi connectivity index (χ0v) is 22.6. The van der Waals surface area contributed by atoms with Crippen molar-refractivity contribution in [3.05, 3.63) is 11.6 Å². The smallest absolute Gasteiger partial charge is 0.338 e. The first-order valence-electron chi connectivity index (χ1n) is 13.9. The molecule has 2 heterocycles. The lowest BCUT2D eigenvalue weighted by molar-refractivity contribution is -0.380. The van der Waals surface area contributed by atoms with Crippen molar-refractivity contribution in [1.29, 1.82) is 0 Å². The van der Waals surface area contributed by atoms with Crippen LogP contribution in [0.1, 0.15) is 33.6 Å². The van der Waals surface area contributed by atoms with E-state index < -0.39 is 113 Å². The molecule has 4 aliphatic carbocycles. The number of carbonyl (C=O) groups excluding carboxylic acids is 1. The number of aliphatic hydroxyl groups is 9. The average Bonchev–Trinajstić information content (AvgIpc) is 3.24. The molecule has 2 bridgehead atoms. The van der Waals surface area contributed by atoms with Crippen LogP contribution in [-0.2, 0) is 19.0 Å². The second-order valence-electron chi connectivity index (χ2n) is 13.2. The monoisotopic (exact) mass is 572 g/mol. The average molecular weight is 573 g/mol. The number of allylic oxidation sites excluding steroid dienone is 1. The number of aliphatic hydroxyl groups excluding tert-OH is 7. The van der Waals surface area contributed by atoms with E-state index in [1.807, 2.05) is 0 Å². The van der Waals surface area contributed by atoms with Crippen LogP contribution in [0.25, 0.3) is 0 Å². The van der Waals surface area contributed by atoms with Crippen LogP contribution < -0.4 is 0 Å². The Balaban J connectivity index is 1.45.